The summed E-state index contributed by atoms with van der Waals surface area (Å²) in [5.41, 5.74) is 0.801. The molecule has 6 nitrogen and oxygen atoms in total. The molecule has 0 spiro atoms. The highest BCUT2D eigenvalue weighted by Gasteiger charge is 2.27. The van der Waals surface area contributed by atoms with Gasteiger partial charge >= 0.3 is 0 Å². The third-order valence-corrected chi connectivity index (χ3v) is 4.11. The third kappa shape index (κ3) is 5.00. The Balaban J connectivity index is 0.00000288. The molecule has 136 valence electrons. The standard InChI is InChI=1S/C17H26N2O4.ClH/c1-21-10-9-19(17(20)13-5-4-8-18-12-13)14-6-7-15(22-2)16(11-14)23-3;/h6-7,11,13,18H,4-5,8-10,12H2,1-3H3;1H. The Bertz CT molecular complexity index is 521. The van der Waals surface area contributed by atoms with Crippen LogP contribution < -0.4 is 19.7 Å². The number of benzene rings is 1. The van der Waals surface area contributed by atoms with E-state index in [1.54, 1.807) is 26.2 Å². The number of piperidine rings is 1. The van der Waals surface area contributed by atoms with E-state index in [0.29, 0.717) is 24.7 Å². The second-order valence-corrected chi connectivity index (χ2v) is 5.57. The molecule has 0 radical (unpaired) electrons. The van der Waals surface area contributed by atoms with Gasteiger partial charge in [-0.2, -0.15) is 0 Å². The first-order chi connectivity index (χ1) is 11.2. The number of hydrogen-bond donors (Lipinski definition) is 1. The van der Waals surface area contributed by atoms with Crippen LogP contribution in [0.3, 0.4) is 0 Å². The van der Waals surface area contributed by atoms with E-state index < -0.39 is 0 Å². The lowest BCUT2D eigenvalue weighted by Gasteiger charge is -2.30. The van der Waals surface area contributed by atoms with Crippen molar-refractivity contribution in [3.8, 4) is 11.5 Å². The fraction of sp³-hybridized carbons (Fsp3) is 0.588. The third-order valence-electron chi connectivity index (χ3n) is 4.11. The highest BCUT2D eigenvalue weighted by atomic mass is 35.5. The van der Waals surface area contributed by atoms with Crippen molar-refractivity contribution in [1.29, 1.82) is 0 Å². The average Bonchev–Trinajstić information content (AvgIpc) is 2.62. The number of nitrogens with zero attached hydrogens (tertiary/aromatic N) is 1. The minimum absolute atomic E-state index is 0. The summed E-state index contributed by atoms with van der Waals surface area (Å²) >= 11 is 0. The van der Waals surface area contributed by atoms with E-state index in [9.17, 15) is 4.79 Å². The molecule has 0 aliphatic carbocycles. The topological polar surface area (TPSA) is 60.0 Å². The Morgan fingerprint density at radius 3 is 2.58 bits per heavy atom. The Morgan fingerprint density at radius 1 is 1.25 bits per heavy atom. The van der Waals surface area contributed by atoms with E-state index in [-0.39, 0.29) is 24.2 Å². The summed E-state index contributed by atoms with van der Waals surface area (Å²) in [6.45, 7) is 2.72. The maximum atomic E-state index is 12.9. The smallest absolute Gasteiger partial charge is 0.231 e. The Kier molecular flexibility index (Phi) is 8.89. The quantitative estimate of drug-likeness (QED) is 0.809. The molecule has 24 heavy (non-hydrogen) atoms. The number of carbonyl (C=O) groups excluding carboxylic acids is 1. The summed E-state index contributed by atoms with van der Waals surface area (Å²) in [4.78, 5) is 14.7. The van der Waals surface area contributed by atoms with Crippen molar-refractivity contribution in [2.75, 3.05) is 52.5 Å². The number of halogens is 1. The normalized spacial score (nSPS) is 16.9. The van der Waals surface area contributed by atoms with Crippen molar-refractivity contribution in [3.05, 3.63) is 18.2 Å². The SMILES string of the molecule is COCCN(C(=O)C1CCCNC1)c1ccc(OC)c(OC)c1.Cl. The molecule has 1 aromatic rings. The van der Waals surface area contributed by atoms with Gasteiger partial charge in [0.1, 0.15) is 0 Å². The van der Waals surface area contributed by atoms with Gasteiger partial charge in [-0.1, -0.05) is 0 Å². The molecular weight excluding hydrogens is 332 g/mol. The number of hydrogen-bond acceptors (Lipinski definition) is 5. The number of anilines is 1. The van der Waals surface area contributed by atoms with Crippen LogP contribution in [-0.4, -0.2) is 53.5 Å². The van der Waals surface area contributed by atoms with Gasteiger partial charge < -0.3 is 24.4 Å². The Morgan fingerprint density at radius 2 is 2.00 bits per heavy atom. The lowest BCUT2D eigenvalue weighted by atomic mass is 9.98. The molecule has 1 N–H and O–H groups in total. The van der Waals surface area contributed by atoms with Gasteiger partial charge in [-0.15, -0.1) is 12.4 Å². The highest BCUT2D eigenvalue weighted by Crippen LogP contribution is 2.32. The summed E-state index contributed by atoms with van der Waals surface area (Å²) in [6, 6.07) is 5.54. The zero-order valence-electron chi connectivity index (χ0n) is 14.5. The van der Waals surface area contributed by atoms with Gasteiger partial charge in [0.15, 0.2) is 11.5 Å². The number of ether oxygens (including phenoxy) is 3. The molecule has 1 aromatic carbocycles. The molecule has 0 saturated carbocycles. The van der Waals surface area contributed by atoms with E-state index in [1.165, 1.54) is 0 Å². The highest BCUT2D eigenvalue weighted by molar-refractivity contribution is 5.95. The van der Waals surface area contributed by atoms with Gasteiger partial charge in [-0.3, -0.25) is 4.79 Å². The molecule has 1 unspecified atom stereocenters. The molecule has 2 rings (SSSR count). The summed E-state index contributed by atoms with van der Waals surface area (Å²) in [7, 11) is 4.83. The molecule has 1 saturated heterocycles. The Hall–Kier alpha value is -1.50. The van der Waals surface area contributed by atoms with Crippen LogP contribution in [0, 0.1) is 5.92 Å². The van der Waals surface area contributed by atoms with Crippen LogP contribution >= 0.6 is 12.4 Å². The molecular formula is C17H27ClN2O4. The molecule has 0 aromatic heterocycles. The zero-order chi connectivity index (χ0) is 16.7. The zero-order valence-corrected chi connectivity index (χ0v) is 15.4. The monoisotopic (exact) mass is 358 g/mol. The van der Waals surface area contributed by atoms with Gasteiger partial charge in [-0.05, 0) is 31.5 Å². The van der Waals surface area contributed by atoms with Crippen molar-refractivity contribution in [1.82, 2.24) is 5.32 Å². The van der Waals surface area contributed by atoms with Gasteiger partial charge in [0.05, 0.1) is 26.7 Å². The van der Waals surface area contributed by atoms with E-state index in [1.807, 2.05) is 18.2 Å². The predicted octanol–water partition coefficient (Wildman–Crippen LogP) is 2.10. The minimum Gasteiger partial charge on any atom is -0.493 e. The van der Waals surface area contributed by atoms with Gasteiger partial charge in [0.25, 0.3) is 0 Å². The Labute approximate surface area is 149 Å². The van der Waals surface area contributed by atoms with E-state index >= 15 is 0 Å². The van der Waals surface area contributed by atoms with Gasteiger partial charge in [-0.25, -0.2) is 0 Å². The molecule has 1 fully saturated rings. The fourth-order valence-corrected chi connectivity index (χ4v) is 2.82. The van der Waals surface area contributed by atoms with Crippen molar-refractivity contribution in [2.45, 2.75) is 12.8 Å². The molecule has 1 amide bonds. The van der Waals surface area contributed by atoms with E-state index in [2.05, 4.69) is 5.32 Å². The maximum absolute atomic E-state index is 12.9. The summed E-state index contributed by atoms with van der Waals surface area (Å²) in [5.74, 6) is 1.40. The molecule has 1 aliphatic heterocycles. The van der Waals surface area contributed by atoms with E-state index in [4.69, 9.17) is 14.2 Å². The van der Waals surface area contributed by atoms with Crippen molar-refractivity contribution in [2.24, 2.45) is 5.92 Å². The van der Waals surface area contributed by atoms with Gasteiger partial charge in [0, 0.05) is 32.0 Å². The summed E-state index contributed by atoms with van der Waals surface area (Å²) < 4.78 is 15.8. The van der Waals surface area contributed by atoms with Crippen molar-refractivity contribution in [3.63, 3.8) is 0 Å². The van der Waals surface area contributed by atoms with Crippen LogP contribution in [0.1, 0.15) is 12.8 Å². The first-order valence-corrected chi connectivity index (χ1v) is 7.94. The average molecular weight is 359 g/mol. The second-order valence-electron chi connectivity index (χ2n) is 5.57. The predicted molar refractivity (Wildman–Crippen MR) is 96.6 cm³/mol. The van der Waals surface area contributed by atoms with Crippen LogP contribution in [-0.2, 0) is 9.53 Å². The van der Waals surface area contributed by atoms with Crippen molar-refractivity contribution < 1.29 is 19.0 Å². The van der Waals surface area contributed by atoms with Crippen LogP contribution in [0.25, 0.3) is 0 Å². The number of carbonyl (C=O) groups is 1. The van der Waals surface area contributed by atoms with Crippen LogP contribution in [0.4, 0.5) is 5.69 Å². The lowest BCUT2D eigenvalue weighted by molar-refractivity contribution is -0.123. The van der Waals surface area contributed by atoms with Crippen molar-refractivity contribution >= 4 is 24.0 Å². The molecule has 0 bridgehead atoms. The fourth-order valence-electron chi connectivity index (χ4n) is 2.82. The molecule has 1 aliphatic rings. The van der Waals surface area contributed by atoms with Crippen LogP contribution in [0.15, 0.2) is 18.2 Å². The maximum Gasteiger partial charge on any atom is 0.231 e. The lowest BCUT2D eigenvalue weighted by Crippen LogP contribution is -2.44. The minimum atomic E-state index is 0. The van der Waals surface area contributed by atoms with Gasteiger partial charge in [0.2, 0.25) is 5.91 Å². The molecule has 7 heteroatoms. The van der Waals surface area contributed by atoms with Crippen LogP contribution in [0.2, 0.25) is 0 Å². The number of amides is 1. The molecule has 1 heterocycles. The largest absolute Gasteiger partial charge is 0.493 e. The first kappa shape index (κ1) is 20.5. The summed E-state index contributed by atoms with van der Waals surface area (Å²) in [6.07, 6.45) is 1.95. The number of rotatable bonds is 7. The van der Waals surface area contributed by atoms with Crippen LogP contribution in [0.5, 0.6) is 11.5 Å². The molecule has 1 atom stereocenters. The summed E-state index contributed by atoms with van der Waals surface area (Å²) in [5, 5.41) is 3.30. The number of methoxy groups -OCH3 is 3. The first-order valence-electron chi connectivity index (χ1n) is 7.94. The van der Waals surface area contributed by atoms with E-state index in [0.717, 1.165) is 31.6 Å². The second kappa shape index (κ2) is 10.4. The number of nitrogens with one attached hydrogen (secondary N) is 1.